The fourth-order valence-corrected chi connectivity index (χ4v) is 9.61. The predicted molar refractivity (Wildman–Crippen MR) is 184 cm³/mol. The standard InChI is InChI=1S/C38H43F8N5O4/c1-20-11-22-13-23(12-20)36(15-22,34(53)54)49-33(52)27-16-47-32(48-31(27)38(44,45)46)28-18-51(24-5-8-35(39,40)9-6-24)29-14-25(3-4-26(28)29)55-30-7-10-50(17-21(30)2)19-37(41,42)43/h3-4,14,16,18,20-24,30H,5-13,15,17,19H2,1-2H3,(H,49,52)(H,53,54). The largest absolute Gasteiger partial charge is 0.490 e. The normalized spacial score (nSPS) is 29.0. The summed E-state index contributed by atoms with van der Waals surface area (Å²) in [6, 6.07) is 4.35. The van der Waals surface area contributed by atoms with Gasteiger partial charge in [-0.2, -0.15) is 26.3 Å². The number of carbonyl (C=O) groups excluding carboxylic acids is 1. The molecular weight excluding hydrogens is 742 g/mol. The number of ether oxygens (including phenoxy) is 1. The van der Waals surface area contributed by atoms with Gasteiger partial charge >= 0.3 is 18.3 Å². The molecule has 7 rings (SSSR count). The van der Waals surface area contributed by atoms with Gasteiger partial charge in [0.2, 0.25) is 5.92 Å². The molecule has 300 valence electrons. The number of carboxylic acid groups (broad SMARTS) is 1. The number of fused-ring (bicyclic) bond motifs is 3. The number of halogens is 8. The van der Waals surface area contributed by atoms with E-state index in [1.165, 1.54) is 11.1 Å². The predicted octanol–water partition coefficient (Wildman–Crippen LogP) is 8.53. The molecule has 6 unspecified atom stereocenters. The summed E-state index contributed by atoms with van der Waals surface area (Å²) in [4.78, 5) is 35.5. The highest BCUT2D eigenvalue weighted by Gasteiger charge is 2.56. The molecule has 9 nitrogen and oxygen atoms in total. The van der Waals surface area contributed by atoms with Crippen LogP contribution in [0.25, 0.3) is 22.3 Å². The van der Waals surface area contributed by atoms with Crippen molar-refractivity contribution in [2.45, 2.75) is 108 Å². The van der Waals surface area contributed by atoms with Crippen LogP contribution < -0.4 is 10.1 Å². The second-order valence-corrected chi connectivity index (χ2v) is 16.3. The van der Waals surface area contributed by atoms with Crippen molar-refractivity contribution < 1.29 is 54.6 Å². The van der Waals surface area contributed by atoms with Gasteiger partial charge in [-0.15, -0.1) is 0 Å². The lowest BCUT2D eigenvalue weighted by Gasteiger charge is -2.37. The minimum absolute atomic E-state index is 0.0178. The first-order valence-electron chi connectivity index (χ1n) is 18.7. The van der Waals surface area contributed by atoms with Gasteiger partial charge in [-0.1, -0.05) is 13.8 Å². The first kappa shape index (κ1) is 39.2. The van der Waals surface area contributed by atoms with Crippen LogP contribution in [0.3, 0.4) is 0 Å². The maximum Gasteiger partial charge on any atom is 0.434 e. The van der Waals surface area contributed by atoms with Crippen molar-refractivity contribution in [3.63, 3.8) is 0 Å². The Bertz CT molecular complexity index is 1940. The molecule has 3 saturated carbocycles. The number of amides is 1. The SMILES string of the molecule is CC1CC2CC(C1)C(NC(=O)c1cnc(-c3cn(C4CCC(F)(F)CC4)c4cc(OC5CCN(CC(F)(F)F)CC5C)ccc34)nc1C(F)(F)F)(C(=O)O)C2. The molecule has 1 saturated heterocycles. The number of benzene rings is 1. The van der Waals surface area contributed by atoms with Crippen LogP contribution in [0.5, 0.6) is 5.75 Å². The van der Waals surface area contributed by atoms with E-state index in [0.29, 0.717) is 35.9 Å². The lowest BCUT2D eigenvalue weighted by molar-refractivity contribution is -0.152. The summed E-state index contributed by atoms with van der Waals surface area (Å²) in [6.07, 6.45) is -6.02. The maximum absolute atomic E-state index is 14.7. The van der Waals surface area contributed by atoms with E-state index < -0.39 is 84.4 Å². The van der Waals surface area contributed by atoms with Crippen molar-refractivity contribution in [2.75, 3.05) is 19.6 Å². The summed E-state index contributed by atoms with van der Waals surface area (Å²) in [5, 5.41) is 13.1. The third-order valence-electron chi connectivity index (χ3n) is 12.1. The zero-order valence-corrected chi connectivity index (χ0v) is 30.3. The third kappa shape index (κ3) is 7.99. The smallest absolute Gasteiger partial charge is 0.434 e. The number of nitrogens with one attached hydrogen (secondary N) is 1. The first-order valence-corrected chi connectivity index (χ1v) is 18.7. The third-order valence-corrected chi connectivity index (χ3v) is 12.1. The summed E-state index contributed by atoms with van der Waals surface area (Å²) in [6.45, 7) is 3.07. The number of aromatic nitrogens is 3. The zero-order valence-electron chi connectivity index (χ0n) is 30.3. The van der Waals surface area contributed by atoms with Crippen molar-refractivity contribution in [3.8, 4) is 17.1 Å². The lowest BCUT2D eigenvalue weighted by atomic mass is 9.78. The second-order valence-electron chi connectivity index (χ2n) is 16.3. The van der Waals surface area contributed by atoms with E-state index in [-0.39, 0.29) is 61.5 Å². The molecule has 55 heavy (non-hydrogen) atoms. The van der Waals surface area contributed by atoms with Crippen molar-refractivity contribution in [3.05, 3.63) is 41.9 Å². The number of carbonyl (C=O) groups is 2. The molecule has 0 radical (unpaired) electrons. The van der Waals surface area contributed by atoms with E-state index in [2.05, 4.69) is 15.3 Å². The van der Waals surface area contributed by atoms with Crippen molar-refractivity contribution in [2.24, 2.45) is 23.7 Å². The van der Waals surface area contributed by atoms with Crippen molar-refractivity contribution in [1.29, 1.82) is 0 Å². The molecule has 0 spiro atoms. The Morgan fingerprint density at radius 1 is 1.04 bits per heavy atom. The van der Waals surface area contributed by atoms with E-state index in [1.807, 2.05) is 6.92 Å². The summed E-state index contributed by atoms with van der Waals surface area (Å²) in [7, 11) is 0. The molecule has 2 aromatic heterocycles. The van der Waals surface area contributed by atoms with Crippen LogP contribution >= 0.6 is 0 Å². The van der Waals surface area contributed by atoms with E-state index in [0.717, 1.165) is 12.6 Å². The monoisotopic (exact) mass is 785 g/mol. The van der Waals surface area contributed by atoms with Gasteiger partial charge in [0, 0.05) is 67.3 Å². The number of carboxylic acids is 1. The van der Waals surface area contributed by atoms with Crippen molar-refractivity contribution in [1.82, 2.24) is 24.8 Å². The highest BCUT2D eigenvalue weighted by Crippen LogP contribution is 2.51. The molecule has 4 aliphatic rings. The average Bonchev–Trinajstić information content (AvgIpc) is 3.58. The van der Waals surface area contributed by atoms with Crippen LogP contribution in [0.4, 0.5) is 35.1 Å². The number of likely N-dealkylation sites (tertiary alicyclic amines) is 1. The number of aliphatic carboxylic acids is 1. The molecule has 3 aromatic rings. The maximum atomic E-state index is 14.7. The number of nitrogens with zero attached hydrogens (tertiary/aromatic N) is 4. The Morgan fingerprint density at radius 2 is 1.76 bits per heavy atom. The van der Waals surface area contributed by atoms with Gasteiger partial charge in [0.05, 0.1) is 17.6 Å². The van der Waals surface area contributed by atoms with Crippen LogP contribution in [-0.4, -0.2) is 79.8 Å². The van der Waals surface area contributed by atoms with Crippen LogP contribution in [0.2, 0.25) is 0 Å². The molecule has 1 amide bonds. The minimum atomic E-state index is -5.14. The highest BCUT2D eigenvalue weighted by molar-refractivity contribution is 6.00. The van der Waals surface area contributed by atoms with Gasteiger partial charge < -0.3 is 19.7 Å². The molecule has 1 aliphatic heterocycles. The summed E-state index contributed by atoms with van der Waals surface area (Å²) < 4.78 is 119. The number of piperidine rings is 1. The number of hydrogen-bond acceptors (Lipinski definition) is 6. The van der Waals surface area contributed by atoms with Crippen molar-refractivity contribution >= 4 is 22.8 Å². The van der Waals surface area contributed by atoms with Gasteiger partial charge in [0.25, 0.3) is 5.91 Å². The van der Waals surface area contributed by atoms with Crippen LogP contribution in [-0.2, 0) is 11.0 Å². The quantitative estimate of drug-likeness (QED) is 0.221. The Morgan fingerprint density at radius 3 is 2.42 bits per heavy atom. The second kappa shape index (κ2) is 14.2. The van der Waals surface area contributed by atoms with E-state index in [1.54, 1.807) is 29.7 Å². The fourth-order valence-electron chi connectivity index (χ4n) is 9.61. The Labute approximate surface area is 311 Å². The van der Waals surface area contributed by atoms with Gasteiger partial charge in [0.1, 0.15) is 17.4 Å². The van der Waals surface area contributed by atoms with Gasteiger partial charge in [-0.25, -0.2) is 23.5 Å². The molecular formula is C38H43F8N5O4. The molecule has 4 fully saturated rings. The molecule has 3 aliphatic carbocycles. The minimum Gasteiger partial charge on any atom is -0.490 e. The van der Waals surface area contributed by atoms with E-state index in [9.17, 15) is 49.8 Å². The summed E-state index contributed by atoms with van der Waals surface area (Å²) in [5.41, 5.74) is -3.60. The van der Waals surface area contributed by atoms with Crippen LogP contribution in [0, 0.1) is 23.7 Å². The first-order chi connectivity index (χ1) is 25.7. The van der Waals surface area contributed by atoms with Gasteiger partial charge in [-0.3, -0.25) is 9.69 Å². The molecule has 2 N–H and O–H groups in total. The van der Waals surface area contributed by atoms with E-state index in [4.69, 9.17) is 4.74 Å². The number of hydrogen-bond donors (Lipinski definition) is 2. The Hall–Kier alpha value is -4.02. The van der Waals surface area contributed by atoms with Gasteiger partial charge in [0.15, 0.2) is 11.5 Å². The average molecular weight is 786 g/mol. The van der Waals surface area contributed by atoms with Crippen LogP contribution in [0.15, 0.2) is 30.6 Å². The molecule has 17 heteroatoms. The summed E-state index contributed by atoms with van der Waals surface area (Å²) in [5.74, 6) is -5.91. The molecule has 3 heterocycles. The molecule has 2 bridgehead atoms. The fraction of sp³-hybridized carbons (Fsp3) is 0.632. The molecule has 6 atom stereocenters. The zero-order chi connectivity index (χ0) is 39.7. The highest BCUT2D eigenvalue weighted by atomic mass is 19.4. The topological polar surface area (TPSA) is 110 Å². The Kier molecular flexibility index (Phi) is 10.1. The number of alkyl halides is 8. The van der Waals surface area contributed by atoms with Gasteiger partial charge in [-0.05, 0) is 74.8 Å². The number of rotatable bonds is 8. The summed E-state index contributed by atoms with van der Waals surface area (Å²) >= 11 is 0. The van der Waals surface area contributed by atoms with E-state index >= 15 is 0 Å². The molecule has 1 aromatic carbocycles. The Balaban J connectivity index is 1.22. The van der Waals surface area contributed by atoms with Crippen LogP contribution in [0.1, 0.15) is 93.7 Å². The lowest BCUT2D eigenvalue weighted by Crippen LogP contribution is -2.57.